The van der Waals surface area contributed by atoms with E-state index in [0.717, 1.165) is 18.8 Å². The zero-order valence-electron chi connectivity index (χ0n) is 11.0. The summed E-state index contributed by atoms with van der Waals surface area (Å²) in [6.07, 6.45) is 0. The minimum atomic E-state index is 0.676. The lowest BCUT2D eigenvalue weighted by molar-refractivity contribution is 0.413. The third-order valence-corrected chi connectivity index (χ3v) is 2.86. The van der Waals surface area contributed by atoms with Crippen LogP contribution in [0.4, 0.5) is 5.69 Å². The Morgan fingerprint density at radius 1 is 1.24 bits per heavy atom. The maximum absolute atomic E-state index is 5.22. The summed E-state index contributed by atoms with van der Waals surface area (Å²) in [5.74, 6) is 0. The van der Waals surface area contributed by atoms with E-state index in [4.69, 9.17) is 12.2 Å². The highest BCUT2D eigenvalue weighted by atomic mass is 32.1. The van der Waals surface area contributed by atoms with Gasteiger partial charge in [-0.3, -0.25) is 0 Å². The van der Waals surface area contributed by atoms with Crippen LogP contribution in [0.25, 0.3) is 0 Å². The number of hydrogen-bond donors (Lipinski definition) is 2. The first-order chi connectivity index (χ1) is 7.99. The molecule has 0 atom stereocenters. The number of thiocarbonyl (C=S) groups is 1. The summed E-state index contributed by atoms with van der Waals surface area (Å²) in [6.45, 7) is 6.02. The molecule has 94 valence electrons. The number of nitrogens with zero attached hydrogens (tertiary/aromatic N) is 1. The van der Waals surface area contributed by atoms with Crippen molar-refractivity contribution in [2.45, 2.75) is 13.8 Å². The Morgan fingerprint density at radius 2 is 1.94 bits per heavy atom. The van der Waals surface area contributed by atoms with Crippen LogP contribution in [0.1, 0.15) is 11.1 Å². The van der Waals surface area contributed by atoms with Crippen molar-refractivity contribution >= 4 is 23.0 Å². The molecule has 0 aromatic heterocycles. The summed E-state index contributed by atoms with van der Waals surface area (Å²) in [4.78, 5) is 2.12. The molecule has 4 heteroatoms. The third-order valence-electron chi connectivity index (χ3n) is 2.61. The van der Waals surface area contributed by atoms with E-state index in [2.05, 4.69) is 41.5 Å². The first-order valence-corrected chi connectivity index (χ1v) is 6.16. The van der Waals surface area contributed by atoms with E-state index in [0.29, 0.717) is 5.11 Å². The molecule has 0 aliphatic rings. The molecule has 0 radical (unpaired) electrons. The summed E-state index contributed by atoms with van der Waals surface area (Å²) < 4.78 is 0. The van der Waals surface area contributed by atoms with Gasteiger partial charge in [-0.05, 0) is 63.4 Å². The maximum atomic E-state index is 5.22. The van der Waals surface area contributed by atoms with Gasteiger partial charge in [0.05, 0.1) is 0 Å². The third kappa shape index (κ3) is 5.15. The number of rotatable bonds is 4. The van der Waals surface area contributed by atoms with Gasteiger partial charge in [0.1, 0.15) is 0 Å². The fourth-order valence-corrected chi connectivity index (χ4v) is 1.61. The van der Waals surface area contributed by atoms with Crippen molar-refractivity contribution in [3.8, 4) is 0 Å². The molecule has 0 saturated carbocycles. The van der Waals surface area contributed by atoms with Gasteiger partial charge in [-0.15, -0.1) is 0 Å². The van der Waals surface area contributed by atoms with Gasteiger partial charge in [0.25, 0.3) is 0 Å². The number of nitrogens with one attached hydrogen (secondary N) is 2. The van der Waals surface area contributed by atoms with Crippen molar-refractivity contribution in [2.24, 2.45) is 0 Å². The molecule has 17 heavy (non-hydrogen) atoms. The SMILES string of the molecule is Cc1ccc(NC(=S)NCCN(C)C)cc1C. The minimum absolute atomic E-state index is 0.676. The van der Waals surface area contributed by atoms with Crippen LogP contribution in [-0.2, 0) is 0 Å². The van der Waals surface area contributed by atoms with Crippen molar-refractivity contribution in [1.29, 1.82) is 0 Å². The van der Waals surface area contributed by atoms with Crippen LogP contribution < -0.4 is 10.6 Å². The molecule has 0 unspecified atom stereocenters. The quantitative estimate of drug-likeness (QED) is 0.802. The van der Waals surface area contributed by atoms with Gasteiger partial charge >= 0.3 is 0 Å². The van der Waals surface area contributed by atoms with Crippen LogP contribution in [0.2, 0.25) is 0 Å². The summed E-state index contributed by atoms with van der Waals surface area (Å²) in [5.41, 5.74) is 3.60. The van der Waals surface area contributed by atoms with Gasteiger partial charge in [-0.25, -0.2) is 0 Å². The largest absolute Gasteiger partial charge is 0.361 e. The number of aryl methyl sites for hydroxylation is 2. The highest BCUT2D eigenvalue weighted by Crippen LogP contribution is 2.13. The molecule has 0 saturated heterocycles. The molecule has 3 nitrogen and oxygen atoms in total. The molecule has 0 heterocycles. The second kappa shape index (κ2) is 6.57. The standard InChI is InChI=1S/C13H21N3S/c1-10-5-6-12(9-11(10)2)15-13(17)14-7-8-16(3)4/h5-6,9H,7-8H2,1-4H3,(H2,14,15,17). The van der Waals surface area contributed by atoms with Crippen molar-refractivity contribution in [3.63, 3.8) is 0 Å². The van der Waals surface area contributed by atoms with Gasteiger partial charge in [0, 0.05) is 18.8 Å². The molecular formula is C13H21N3S. The molecule has 0 aliphatic heterocycles. The Labute approximate surface area is 109 Å². The van der Waals surface area contributed by atoms with Gasteiger partial charge in [0.2, 0.25) is 0 Å². The smallest absolute Gasteiger partial charge is 0.170 e. The zero-order valence-corrected chi connectivity index (χ0v) is 11.8. The van der Waals surface area contributed by atoms with Crippen molar-refractivity contribution in [3.05, 3.63) is 29.3 Å². The topological polar surface area (TPSA) is 27.3 Å². The van der Waals surface area contributed by atoms with Gasteiger partial charge in [-0.1, -0.05) is 6.07 Å². The second-order valence-corrected chi connectivity index (χ2v) is 4.89. The van der Waals surface area contributed by atoms with E-state index in [1.165, 1.54) is 11.1 Å². The number of hydrogen-bond acceptors (Lipinski definition) is 2. The lowest BCUT2D eigenvalue weighted by Crippen LogP contribution is -2.34. The molecule has 0 amide bonds. The monoisotopic (exact) mass is 251 g/mol. The lowest BCUT2D eigenvalue weighted by Gasteiger charge is -2.14. The Bertz CT molecular complexity index is 388. The summed E-state index contributed by atoms with van der Waals surface area (Å²) in [6, 6.07) is 6.25. The minimum Gasteiger partial charge on any atom is -0.361 e. The molecule has 0 fully saturated rings. The number of benzene rings is 1. The lowest BCUT2D eigenvalue weighted by atomic mass is 10.1. The second-order valence-electron chi connectivity index (χ2n) is 4.48. The summed E-state index contributed by atoms with van der Waals surface area (Å²) in [5, 5.41) is 7.04. The number of anilines is 1. The van der Waals surface area contributed by atoms with Gasteiger partial charge in [0.15, 0.2) is 5.11 Å². The normalized spacial score (nSPS) is 10.4. The average molecular weight is 251 g/mol. The van der Waals surface area contributed by atoms with Crippen molar-refractivity contribution < 1.29 is 0 Å². The highest BCUT2D eigenvalue weighted by molar-refractivity contribution is 7.80. The molecule has 1 aromatic carbocycles. The maximum Gasteiger partial charge on any atom is 0.170 e. The first kappa shape index (κ1) is 13.9. The van der Waals surface area contributed by atoms with Crippen LogP contribution in [0.15, 0.2) is 18.2 Å². The predicted octanol–water partition coefficient (Wildman–Crippen LogP) is 2.15. The Hall–Kier alpha value is -1.13. The molecule has 2 N–H and O–H groups in total. The predicted molar refractivity (Wildman–Crippen MR) is 78.7 cm³/mol. The van der Waals surface area contributed by atoms with Gasteiger partial charge in [-0.2, -0.15) is 0 Å². The van der Waals surface area contributed by atoms with E-state index in [-0.39, 0.29) is 0 Å². The van der Waals surface area contributed by atoms with E-state index in [1.54, 1.807) is 0 Å². The van der Waals surface area contributed by atoms with Crippen LogP contribution in [0, 0.1) is 13.8 Å². The highest BCUT2D eigenvalue weighted by Gasteiger charge is 1.99. The Kier molecular flexibility index (Phi) is 5.38. The fraction of sp³-hybridized carbons (Fsp3) is 0.462. The van der Waals surface area contributed by atoms with E-state index < -0.39 is 0 Å². The van der Waals surface area contributed by atoms with Crippen molar-refractivity contribution in [1.82, 2.24) is 10.2 Å². The fourth-order valence-electron chi connectivity index (χ4n) is 1.39. The summed E-state index contributed by atoms with van der Waals surface area (Å²) in [7, 11) is 4.09. The molecule has 1 rings (SSSR count). The number of likely N-dealkylation sites (N-methyl/N-ethyl adjacent to an activating group) is 1. The van der Waals surface area contributed by atoms with Crippen molar-refractivity contribution in [2.75, 3.05) is 32.5 Å². The van der Waals surface area contributed by atoms with Crippen LogP contribution >= 0.6 is 12.2 Å². The first-order valence-electron chi connectivity index (χ1n) is 5.76. The summed E-state index contributed by atoms with van der Waals surface area (Å²) >= 11 is 5.22. The molecule has 0 spiro atoms. The van der Waals surface area contributed by atoms with Crippen LogP contribution in [-0.4, -0.2) is 37.2 Å². The molecule has 1 aromatic rings. The van der Waals surface area contributed by atoms with Gasteiger partial charge < -0.3 is 15.5 Å². The zero-order chi connectivity index (χ0) is 12.8. The average Bonchev–Trinajstić information content (AvgIpc) is 2.23. The van der Waals surface area contributed by atoms with E-state index >= 15 is 0 Å². The van der Waals surface area contributed by atoms with Crippen LogP contribution in [0.3, 0.4) is 0 Å². The van der Waals surface area contributed by atoms with E-state index in [9.17, 15) is 0 Å². The molecule has 0 bridgehead atoms. The molecule has 0 aliphatic carbocycles. The van der Waals surface area contributed by atoms with Crippen LogP contribution in [0.5, 0.6) is 0 Å². The Balaban J connectivity index is 2.42. The Morgan fingerprint density at radius 3 is 2.53 bits per heavy atom. The van der Waals surface area contributed by atoms with E-state index in [1.807, 2.05) is 20.2 Å². The molecular weight excluding hydrogens is 230 g/mol.